The fourth-order valence-corrected chi connectivity index (χ4v) is 1.19. The molecule has 0 saturated heterocycles. The molecule has 1 aromatic rings. The van der Waals surface area contributed by atoms with Crippen molar-refractivity contribution in [2.45, 2.75) is 13.0 Å². The molecule has 0 aliphatic heterocycles. The van der Waals surface area contributed by atoms with Crippen LogP contribution < -0.4 is 11.1 Å². The first kappa shape index (κ1) is 13.2. The highest BCUT2D eigenvalue weighted by Crippen LogP contribution is 2.01. The van der Waals surface area contributed by atoms with Gasteiger partial charge in [-0.15, -0.1) is 0 Å². The third-order valence-electron chi connectivity index (χ3n) is 2.08. The fourth-order valence-electron chi connectivity index (χ4n) is 1.19. The molecule has 0 bridgehead atoms. The molecular weight excluding hydrogens is 220 g/mol. The van der Waals surface area contributed by atoms with Crippen molar-refractivity contribution < 1.29 is 14.3 Å². The van der Waals surface area contributed by atoms with E-state index in [0.29, 0.717) is 0 Å². The fraction of sp³-hybridized carbons (Fsp3) is 0.333. The number of rotatable bonds is 6. The van der Waals surface area contributed by atoms with Gasteiger partial charge in [0.2, 0.25) is 5.91 Å². The summed E-state index contributed by atoms with van der Waals surface area (Å²) in [5, 5.41) is 2.50. The lowest BCUT2D eigenvalue weighted by Crippen LogP contribution is -2.32. The number of hydrogen-bond acceptors (Lipinski definition) is 4. The molecule has 5 heteroatoms. The number of nitrogens with two attached hydrogens (primary N) is 1. The van der Waals surface area contributed by atoms with Crippen LogP contribution >= 0.6 is 0 Å². The van der Waals surface area contributed by atoms with Crippen molar-refractivity contribution in [3.8, 4) is 0 Å². The van der Waals surface area contributed by atoms with Crippen LogP contribution in [0.3, 0.4) is 0 Å². The first-order chi connectivity index (χ1) is 8.22. The van der Waals surface area contributed by atoms with Crippen molar-refractivity contribution in [3.05, 3.63) is 35.9 Å². The van der Waals surface area contributed by atoms with E-state index >= 15 is 0 Å². The predicted molar refractivity (Wildman–Crippen MR) is 62.9 cm³/mol. The van der Waals surface area contributed by atoms with Crippen molar-refractivity contribution in [1.29, 1.82) is 0 Å². The molecular formula is C12H16N2O3. The summed E-state index contributed by atoms with van der Waals surface area (Å²) < 4.78 is 5.02. The third-order valence-corrected chi connectivity index (χ3v) is 2.08. The quantitative estimate of drug-likeness (QED) is 0.691. The molecule has 5 nitrogen and oxygen atoms in total. The van der Waals surface area contributed by atoms with Crippen LogP contribution in [-0.4, -0.2) is 25.0 Å². The van der Waals surface area contributed by atoms with E-state index in [9.17, 15) is 9.59 Å². The molecule has 1 rings (SSSR count). The predicted octanol–water partition coefficient (Wildman–Crippen LogP) is 0.195. The summed E-state index contributed by atoms with van der Waals surface area (Å²) in [6, 6.07) is 9.41. The van der Waals surface area contributed by atoms with E-state index in [4.69, 9.17) is 10.5 Å². The van der Waals surface area contributed by atoms with E-state index < -0.39 is 0 Å². The van der Waals surface area contributed by atoms with Crippen molar-refractivity contribution >= 4 is 11.9 Å². The van der Waals surface area contributed by atoms with Gasteiger partial charge >= 0.3 is 5.97 Å². The number of hydrogen-bond donors (Lipinski definition) is 2. The van der Waals surface area contributed by atoms with E-state index in [1.165, 1.54) is 0 Å². The van der Waals surface area contributed by atoms with Crippen LogP contribution in [0.5, 0.6) is 0 Å². The Hall–Kier alpha value is -1.88. The van der Waals surface area contributed by atoms with Gasteiger partial charge in [0.25, 0.3) is 0 Å². The second kappa shape index (κ2) is 7.40. The summed E-state index contributed by atoms with van der Waals surface area (Å²) in [7, 11) is 0. The topological polar surface area (TPSA) is 81.4 Å². The van der Waals surface area contributed by atoms with Crippen LogP contribution in [0.15, 0.2) is 30.3 Å². The van der Waals surface area contributed by atoms with Crippen molar-refractivity contribution in [3.63, 3.8) is 0 Å². The normalized spacial score (nSPS) is 9.71. The van der Waals surface area contributed by atoms with E-state index in [2.05, 4.69) is 5.32 Å². The Balaban J connectivity index is 2.16. The smallest absolute Gasteiger partial charge is 0.307 e. The number of carbonyl (C=O) groups excluding carboxylic acids is 2. The zero-order valence-electron chi connectivity index (χ0n) is 9.52. The number of ether oxygens (including phenoxy) is 1. The first-order valence-corrected chi connectivity index (χ1v) is 5.38. The zero-order valence-corrected chi connectivity index (χ0v) is 9.52. The highest BCUT2D eigenvalue weighted by molar-refractivity contribution is 5.78. The molecule has 0 saturated carbocycles. The maximum atomic E-state index is 11.3. The molecule has 17 heavy (non-hydrogen) atoms. The van der Waals surface area contributed by atoms with E-state index in [1.807, 2.05) is 30.3 Å². The molecule has 1 aromatic carbocycles. The third kappa shape index (κ3) is 5.67. The van der Waals surface area contributed by atoms with Gasteiger partial charge in [-0.25, -0.2) is 0 Å². The lowest BCUT2D eigenvalue weighted by atomic mass is 10.2. The standard InChI is InChI=1S/C12H16N2O3/c13-8-11(15)14-7-6-12(16)17-9-10-4-2-1-3-5-10/h1-5H,6-9,13H2,(H,14,15). The summed E-state index contributed by atoms with van der Waals surface area (Å²) in [4.78, 5) is 22.1. The number of nitrogens with one attached hydrogen (secondary N) is 1. The molecule has 0 aliphatic rings. The molecule has 0 aliphatic carbocycles. The molecule has 0 heterocycles. The van der Waals surface area contributed by atoms with Gasteiger partial charge in [0, 0.05) is 6.54 Å². The minimum absolute atomic E-state index is 0.0704. The molecule has 0 spiro atoms. The second-order valence-electron chi connectivity index (χ2n) is 3.45. The van der Waals surface area contributed by atoms with Crippen LogP contribution in [0.1, 0.15) is 12.0 Å². The van der Waals surface area contributed by atoms with Gasteiger partial charge in [0.15, 0.2) is 0 Å². The van der Waals surface area contributed by atoms with Crippen molar-refractivity contribution in [2.24, 2.45) is 5.73 Å². The monoisotopic (exact) mass is 236 g/mol. The molecule has 0 fully saturated rings. The highest BCUT2D eigenvalue weighted by Gasteiger charge is 2.04. The summed E-state index contributed by atoms with van der Waals surface area (Å²) in [6.07, 6.45) is 0.151. The molecule has 92 valence electrons. The number of amides is 1. The van der Waals surface area contributed by atoms with E-state index in [1.54, 1.807) is 0 Å². The van der Waals surface area contributed by atoms with E-state index in [0.717, 1.165) is 5.56 Å². The Morgan fingerprint density at radius 3 is 2.59 bits per heavy atom. The van der Waals surface area contributed by atoms with Crippen LogP contribution in [0.2, 0.25) is 0 Å². The first-order valence-electron chi connectivity index (χ1n) is 5.38. The average Bonchev–Trinajstić information content (AvgIpc) is 2.37. The average molecular weight is 236 g/mol. The van der Waals surface area contributed by atoms with Crippen LogP contribution in [0.4, 0.5) is 0 Å². The number of benzene rings is 1. The molecule has 0 atom stereocenters. The molecule has 0 aromatic heterocycles. The number of esters is 1. The maximum absolute atomic E-state index is 11.3. The zero-order chi connectivity index (χ0) is 12.5. The minimum atomic E-state index is -0.342. The Bertz CT molecular complexity index is 365. The minimum Gasteiger partial charge on any atom is -0.461 e. The van der Waals surface area contributed by atoms with E-state index in [-0.39, 0.29) is 38.0 Å². The van der Waals surface area contributed by atoms with Gasteiger partial charge in [-0.3, -0.25) is 9.59 Å². The summed E-state index contributed by atoms with van der Waals surface area (Å²) in [5.74, 6) is -0.618. The molecule has 3 N–H and O–H groups in total. The summed E-state index contributed by atoms with van der Waals surface area (Å²) in [6.45, 7) is 0.438. The Morgan fingerprint density at radius 1 is 1.24 bits per heavy atom. The Morgan fingerprint density at radius 2 is 1.94 bits per heavy atom. The Kier molecular flexibility index (Phi) is 5.74. The Labute approximate surface area is 99.9 Å². The van der Waals surface area contributed by atoms with Crippen molar-refractivity contribution in [2.75, 3.05) is 13.1 Å². The molecule has 1 amide bonds. The summed E-state index contributed by atoms with van der Waals surface area (Å²) >= 11 is 0. The second-order valence-corrected chi connectivity index (χ2v) is 3.45. The van der Waals surface area contributed by atoms with Crippen LogP contribution in [0.25, 0.3) is 0 Å². The largest absolute Gasteiger partial charge is 0.461 e. The van der Waals surface area contributed by atoms with Crippen molar-refractivity contribution in [1.82, 2.24) is 5.32 Å². The van der Waals surface area contributed by atoms with Gasteiger partial charge in [-0.1, -0.05) is 30.3 Å². The maximum Gasteiger partial charge on any atom is 0.307 e. The van der Waals surface area contributed by atoms with Gasteiger partial charge in [0.05, 0.1) is 13.0 Å². The van der Waals surface area contributed by atoms with Gasteiger partial charge in [-0.2, -0.15) is 0 Å². The van der Waals surface area contributed by atoms with Gasteiger partial charge < -0.3 is 15.8 Å². The lowest BCUT2D eigenvalue weighted by Gasteiger charge is -2.05. The molecule has 0 unspecified atom stereocenters. The van der Waals surface area contributed by atoms with Gasteiger partial charge in [0.1, 0.15) is 6.61 Å². The summed E-state index contributed by atoms with van der Waals surface area (Å²) in [5.41, 5.74) is 6.03. The van der Waals surface area contributed by atoms with Crippen LogP contribution in [0, 0.1) is 0 Å². The highest BCUT2D eigenvalue weighted by atomic mass is 16.5. The van der Waals surface area contributed by atoms with Crippen LogP contribution in [-0.2, 0) is 20.9 Å². The lowest BCUT2D eigenvalue weighted by molar-refractivity contribution is -0.144. The SMILES string of the molecule is NCC(=O)NCCC(=O)OCc1ccccc1. The molecule has 0 radical (unpaired) electrons. The van der Waals surface area contributed by atoms with Gasteiger partial charge in [-0.05, 0) is 5.56 Å². The number of carbonyl (C=O) groups is 2.